The molecule has 0 heterocycles. The summed E-state index contributed by atoms with van der Waals surface area (Å²) in [5.41, 5.74) is 5.48. The van der Waals surface area contributed by atoms with E-state index in [2.05, 4.69) is 5.32 Å². The van der Waals surface area contributed by atoms with E-state index in [-0.39, 0.29) is 23.9 Å². The lowest BCUT2D eigenvalue weighted by Crippen LogP contribution is -2.20. The van der Waals surface area contributed by atoms with Gasteiger partial charge in [-0.1, -0.05) is 6.92 Å². The predicted octanol–water partition coefficient (Wildman–Crippen LogP) is 1.89. The van der Waals surface area contributed by atoms with Crippen LogP contribution in [0.5, 0.6) is 0 Å². The van der Waals surface area contributed by atoms with Gasteiger partial charge < -0.3 is 11.1 Å². The zero-order valence-electron chi connectivity index (χ0n) is 8.97. The molecule has 3 N–H and O–H groups in total. The Morgan fingerprint density at radius 3 is 2.44 bits per heavy atom. The summed E-state index contributed by atoms with van der Waals surface area (Å²) in [6.45, 7) is 2.22. The molecule has 1 atom stereocenters. The number of rotatable bonds is 4. The van der Waals surface area contributed by atoms with E-state index in [9.17, 15) is 13.6 Å². The normalized spacial score (nSPS) is 12.2. The third-order valence-electron chi connectivity index (χ3n) is 2.08. The maximum Gasteiger partial charge on any atom is 0.224 e. The first-order valence-corrected chi connectivity index (χ1v) is 4.97. The van der Waals surface area contributed by atoms with Gasteiger partial charge in [-0.25, -0.2) is 8.78 Å². The summed E-state index contributed by atoms with van der Waals surface area (Å²) in [6.07, 6.45) is 0.231. The molecule has 1 amide bonds. The minimum absolute atomic E-state index is 0.0402. The number of carbonyl (C=O) groups excluding carboxylic acids is 1. The smallest absolute Gasteiger partial charge is 0.224 e. The maximum atomic E-state index is 12.8. The van der Waals surface area contributed by atoms with Crippen LogP contribution in [0, 0.1) is 17.6 Å². The lowest BCUT2D eigenvalue weighted by Gasteiger charge is -2.09. The van der Waals surface area contributed by atoms with Crippen LogP contribution in [0.3, 0.4) is 0 Å². The van der Waals surface area contributed by atoms with Crippen molar-refractivity contribution in [1.29, 1.82) is 0 Å². The topological polar surface area (TPSA) is 55.1 Å². The van der Waals surface area contributed by atoms with Crippen LogP contribution in [-0.2, 0) is 4.79 Å². The molecule has 1 aromatic rings. The highest BCUT2D eigenvalue weighted by molar-refractivity contribution is 5.90. The second kappa shape index (κ2) is 5.55. The molecule has 0 saturated heterocycles. The van der Waals surface area contributed by atoms with Crippen LogP contribution in [0.25, 0.3) is 0 Å². The number of nitrogens with two attached hydrogens (primary N) is 1. The summed E-state index contributed by atoms with van der Waals surface area (Å²) >= 11 is 0. The van der Waals surface area contributed by atoms with Crippen LogP contribution in [0.1, 0.15) is 13.3 Å². The Balaban J connectivity index is 2.62. The van der Waals surface area contributed by atoms with E-state index in [4.69, 9.17) is 5.73 Å². The largest absolute Gasteiger partial charge is 0.330 e. The van der Waals surface area contributed by atoms with Gasteiger partial charge in [-0.15, -0.1) is 0 Å². The molecule has 1 unspecified atom stereocenters. The molecule has 0 spiro atoms. The number of hydrogen-bond acceptors (Lipinski definition) is 2. The molecule has 3 nitrogen and oxygen atoms in total. The predicted molar refractivity (Wildman–Crippen MR) is 57.8 cm³/mol. The van der Waals surface area contributed by atoms with Crippen LogP contribution in [-0.4, -0.2) is 12.5 Å². The van der Waals surface area contributed by atoms with E-state index in [1.807, 2.05) is 6.92 Å². The average Bonchev–Trinajstić information content (AvgIpc) is 2.15. The Morgan fingerprint density at radius 2 is 1.94 bits per heavy atom. The van der Waals surface area contributed by atoms with E-state index in [1.54, 1.807) is 0 Å². The number of hydrogen-bond donors (Lipinski definition) is 2. The number of carbonyl (C=O) groups is 1. The number of halogens is 2. The van der Waals surface area contributed by atoms with E-state index >= 15 is 0 Å². The Kier molecular flexibility index (Phi) is 4.37. The molecule has 0 aromatic heterocycles. The van der Waals surface area contributed by atoms with Crippen molar-refractivity contribution in [2.75, 3.05) is 11.9 Å². The van der Waals surface area contributed by atoms with Crippen LogP contribution >= 0.6 is 0 Å². The highest BCUT2D eigenvalue weighted by Gasteiger charge is 2.09. The molecular formula is C11H14F2N2O. The quantitative estimate of drug-likeness (QED) is 0.826. The maximum absolute atomic E-state index is 12.8. The van der Waals surface area contributed by atoms with Gasteiger partial charge >= 0.3 is 0 Å². The molecule has 5 heteroatoms. The summed E-state index contributed by atoms with van der Waals surface area (Å²) in [4.78, 5) is 11.4. The number of anilines is 1. The minimum Gasteiger partial charge on any atom is -0.330 e. The van der Waals surface area contributed by atoms with Gasteiger partial charge in [0.1, 0.15) is 11.6 Å². The SMILES string of the molecule is CC(CN)CC(=O)Nc1cc(F)cc(F)c1. The van der Waals surface area contributed by atoms with Crippen molar-refractivity contribution in [3.63, 3.8) is 0 Å². The first-order chi connectivity index (χ1) is 7.51. The number of amides is 1. The Labute approximate surface area is 92.6 Å². The van der Waals surface area contributed by atoms with Gasteiger partial charge in [0, 0.05) is 18.2 Å². The molecule has 16 heavy (non-hydrogen) atoms. The molecule has 0 bridgehead atoms. The fourth-order valence-corrected chi connectivity index (χ4v) is 1.24. The summed E-state index contributed by atoms with van der Waals surface area (Å²) < 4.78 is 25.6. The van der Waals surface area contributed by atoms with Gasteiger partial charge in [-0.3, -0.25) is 4.79 Å². The van der Waals surface area contributed by atoms with Gasteiger partial charge in [0.05, 0.1) is 0 Å². The molecule has 0 aliphatic carbocycles. The molecular weight excluding hydrogens is 214 g/mol. The van der Waals surface area contributed by atoms with E-state index < -0.39 is 11.6 Å². The molecule has 0 fully saturated rings. The Morgan fingerprint density at radius 1 is 1.38 bits per heavy atom. The number of benzene rings is 1. The van der Waals surface area contributed by atoms with Crippen molar-refractivity contribution in [1.82, 2.24) is 0 Å². The van der Waals surface area contributed by atoms with Gasteiger partial charge in [0.25, 0.3) is 0 Å². The molecule has 88 valence electrons. The zero-order chi connectivity index (χ0) is 12.1. The van der Waals surface area contributed by atoms with Crippen molar-refractivity contribution < 1.29 is 13.6 Å². The first-order valence-electron chi connectivity index (χ1n) is 4.97. The standard InChI is InChI=1S/C11H14F2N2O/c1-7(6-14)2-11(16)15-10-4-8(12)3-9(13)5-10/h3-5,7H,2,6,14H2,1H3,(H,15,16). The zero-order valence-corrected chi connectivity index (χ0v) is 8.97. The minimum atomic E-state index is -0.720. The van der Waals surface area contributed by atoms with Gasteiger partial charge in [-0.05, 0) is 24.6 Å². The molecule has 1 aromatic carbocycles. The summed E-state index contributed by atoms with van der Waals surface area (Å²) in [5.74, 6) is -1.70. The molecule has 0 radical (unpaired) electrons. The Hall–Kier alpha value is -1.49. The van der Waals surface area contributed by atoms with Crippen molar-refractivity contribution in [2.45, 2.75) is 13.3 Å². The first kappa shape index (κ1) is 12.6. The van der Waals surface area contributed by atoms with Crippen LogP contribution in [0.15, 0.2) is 18.2 Å². The van der Waals surface area contributed by atoms with Crippen LogP contribution < -0.4 is 11.1 Å². The average molecular weight is 228 g/mol. The van der Waals surface area contributed by atoms with Gasteiger partial charge in [0.15, 0.2) is 0 Å². The van der Waals surface area contributed by atoms with Crippen LogP contribution in [0.4, 0.5) is 14.5 Å². The monoisotopic (exact) mass is 228 g/mol. The molecule has 1 rings (SSSR count). The lowest BCUT2D eigenvalue weighted by molar-refractivity contribution is -0.116. The summed E-state index contributed by atoms with van der Waals surface area (Å²) in [7, 11) is 0. The summed E-state index contributed by atoms with van der Waals surface area (Å²) in [6, 6.07) is 2.88. The van der Waals surface area contributed by atoms with Gasteiger partial charge in [-0.2, -0.15) is 0 Å². The van der Waals surface area contributed by atoms with E-state index in [1.165, 1.54) is 0 Å². The van der Waals surface area contributed by atoms with Crippen molar-refractivity contribution in [2.24, 2.45) is 11.7 Å². The van der Waals surface area contributed by atoms with Crippen LogP contribution in [0.2, 0.25) is 0 Å². The van der Waals surface area contributed by atoms with E-state index in [0.29, 0.717) is 6.54 Å². The fourth-order valence-electron chi connectivity index (χ4n) is 1.24. The van der Waals surface area contributed by atoms with Crippen molar-refractivity contribution in [3.05, 3.63) is 29.8 Å². The van der Waals surface area contributed by atoms with Crippen molar-refractivity contribution in [3.8, 4) is 0 Å². The highest BCUT2D eigenvalue weighted by Crippen LogP contribution is 2.13. The highest BCUT2D eigenvalue weighted by atomic mass is 19.1. The van der Waals surface area contributed by atoms with E-state index in [0.717, 1.165) is 18.2 Å². The number of nitrogens with one attached hydrogen (secondary N) is 1. The third kappa shape index (κ3) is 3.94. The molecule has 0 aliphatic rings. The summed E-state index contributed by atoms with van der Waals surface area (Å²) in [5, 5.41) is 2.41. The molecule has 0 aliphatic heterocycles. The second-order valence-corrected chi connectivity index (χ2v) is 3.75. The Bertz CT molecular complexity index is 362. The van der Waals surface area contributed by atoms with Crippen molar-refractivity contribution >= 4 is 11.6 Å². The van der Waals surface area contributed by atoms with Gasteiger partial charge in [0.2, 0.25) is 5.91 Å². The third-order valence-corrected chi connectivity index (χ3v) is 2.08. The second-order valence-electron chi connectivity index (χ2n) is 3.75. The molecule has 0 saturated carbocycles. The fraction of sp³-hybridized carbons (Fsp3) is 0.364. The lowest BCUT2D eigenvalue weighted by atomic mass is 10.1.